The second-order valence-electron chi connectivity index (χ2n) is 4.91. The average molecular weight is 295 g/mol. The molecule has 6 heteroatoms. The lowest BCUT2D eigenvalue weighted by Crippen LogP contribution is -2.46. The van der Waals surface area contributed by atoms with Crippen LogP contribution in [0.4, 0.5) is 0 Å². The van der Waals surface area contributed by atoms with Crippen LogP contribution in [0.2, 0.25) is 0 Å². The quantitative estimate of drug-likeness (QED) is 0.840. The van der Waals surface area contributed by atoms with Gasteiger partial charge < -0.3 is 15.0 Å². The number of rotatable bonds is 6. The van der Waals surface area contributed by atoms with E-state index in [4.69, 9.17) is 4.74 Å². The lowest BCUT2D eigenvalue weighted by atomic mass is 10.3. The van der Waals surface area contributed by atoms with Crippen LogP contribution in [0.5, 0.6) is 0 Å². The first-order valence-corrected chi connectivity index (χ1v) is 7.93. The van der Waals surface area contributed by atoms with Crippen LogP contribution in [-0.2, 0) is 15.3 Å². The highest BCUT2D eigenvalue weighted by molar-refractivity contribution is 7.99. The fourth-order valence-corrected chi connectivity index (χ4v) is 2.83. The van der Waals surface area contributed by atoms with E-state index >= 15 is 0 Å². The highest BCUT2D eigenvalue weighted by atomic mass is 32.2. The van der Waals surface area contributed by atoms with Gasteiger partial charge in [-0.15, -0.1) is 11.8 Å². The normalized spacial score (nSPS) is 19.8. The summed E-state index contributed by atoms with van der Waals surface area (Å²) in [6, 6.07) is 3.94. The van der Waals surface area contributed by atoms with Crippen LogP contribution in [0, 0.1) is 0 Å². The van der Waals surface area contributed by atoms with Gasteiger partial charge in [0.15, 0.2) is 0 Å². The molecule has 1 amide bonds. The van der Waals surface area contributed by atoms with Crippen molar-refractivity contribution in [3.63, 3.8) is 0 Å². The molecule has 0 aromatic carbocycles. The Hall–Kier alpha value is -1.11. The fourth-order valence-electron chi connectivity index (χ4n) is 2.01. The first-order valence-electron chi connectivity index (χ1n) is 6.77. The van der Waals surface area contributed by atoms with E-state index in [0.29, 0.717) is 12.3 Å². The zero-order chi connectivity index (χ0) is 14.2. The molecule has 0 spiro atoms. The van der Waals surface area contributed by atoms with Gasteiger partial charge in [-0.05, 0) is 24.7 Å². The average Bonchev–Trinajstić information content (AvgIpc) is 2.46. The van der Waals surface area contributed by atoms with Crippen LogP contribution >= 0.6 is 11.8 Å². The molecule has 1 aliphatic rings. The molecule has 0 saturated carbocycles. The Balaban J connectivity index is 1.58. The molecule has 1 fully saturated rings. The lowest BCUT2D eigenvalue weighted by Gasteiger charge is -2.30. The van der Waals surface area contributed by atoms with Gasteiger partial charge in [0.2, 0.25) is 5.91 Å². The van der Waals surface area contributed by atoms with E-state index in [1.165, 1.54) is 5.56 Å². The molecule has 0 aliphatic carbocycles. The number of likely N-dealkylation sites (N-methyl/N-ethyl adjacent to an activating group) is 1. The summed E-state index contributed by atoms with van der Waals surface area (Å²) in [6.45, 7) is 3.18. The van der Waals surface area contributed by atoms with Crippen molar-refractivity contribution in [1.82, 2.24) is 15.2 Å². The van der Waals surface area contributed by atoms with E-state index in [9.17, 15) is 4.79 Å². The number of carbonyl (C=O) groups excluding carboxylic acids is 1. The van der Waals surface area contributed by atoms with E-state index in [2.05, 4.69) is 22.2 Å². The van der Waals surface area contributed by atoms with Gasteiger partial charge in [0.1, 0.15) is 0 Å². The molecule has 1 unspecified atom stereocenters. The van der Waals surface area contributed by atoms with Gasteiger partial charge in [-0.25, -0.2) is 0 Å². The van der Waals surface area contributed by atoms with Crippen molar-refractivity contribution in [2.24, 2.45) is 0 Å². The summed E-state index contributed by atoms with van der Waals surface area (Å²) < 4.78 is 5.60. The maximum atomic E-state index is 11.7. The molecule has 0 radical (unpaired) electrons. The second kappa shape index (κ2) is 8.24. The summed E-state index contributed by atoms with van der Waals surface area (Å²) in [5.41, 5.74) is 1.19. The first-order chi connectivity index (χ1) is 9.74. The molecule has 5 nitrogen and oxygen atoms in total. The highest BCUT2D eigenvalue weighted by Crippen LogP contribution is 2.10. The third-order valence-electron chi connectivity index (χ3n) is 3.12. The Morgan fingerprint density at radius 1 is 1.55 bits per heavy atom. The molecule has 1 aromatic heterocycles. The number of hydrogen-bond donors (Lipinski definition) is 1. The Labute approximate surface area is 124 Å². The smallest absolute Gasteiger partial charge is 0.230 e. The Bertz CT molecular complexity index is 416. The largest absolute Gasteiger partial charge is 0.374 e. The molecule has 1 N–H and O–H groups in total. The summed E-state index contributed by atoms with van der Waals surface area (Å²) in [5, 5.41) is 2.94. The Kier molecular flexibility index (Phi) is 6.29. The van der Waals surface area contributed by atoms with Crippen LogP contribution in [0.1, 0.15) is 5.56 Å². The molecule has 1 saturated heterocycles. The van der Waals surface area contributed by atoms with E-state index < -0.39 is 0 Å². The zero-order valence-electron chi connectivity index (χ0n) is 11.7. The van der Waals surface area contributed by atoms with Gasteiger partial charge in [0, 0.05) is 37.8 Å². The van der Waals surface area contributed by atoms with Crippen LogP contribution in [0.25, 0.3) is 0 Å². The number of morpholine rings is 1. The predicted molar refractivity (Wildman–Crippen MR) is 80.6 cm³/mol. The number of carbonyl (C=O) groups is 1. The predicted octanol–water partition coefficient (Wildman–Crippen LogP) is 0.762. The minimum absolute atomic E-state index is 0.0703. The molecular weight excluding hydrogens is 274 g/mol. The SMILES string of the molecule is CN1CCOC(CNC(=O)CSCc2ccncc2)C1. The minimum atomic E-state index is 0.0703. The molecule has 110 valence electrons. The highest BCUT2D eigenvalue weighted by Gasteiger charge is 2.17. The topological polar surface area (TPSA) is 54.5 Å². The summed E-state index contributed by atoms with van der Waals surface area (Å²) in [5.74, 6) is 1.38. The van der Waals surface area contributed by atoms with Crippen molar-refractivity contribution >= 4 is 17.7 Å². The monoisotopic (exact) mass is 295 g/mol. The van der Waals surface area contributed by atoms with Gasteiger partial charge in [-0.2, -0.15) is 0 Å². The summed E-state index contributed by atoms with van der Waals surface area (Å²) in [4.78, 5) is 17.9. The van der Waals surface area contributed by atoms with E-state index in [-0.39, 0.29) is 12.0 Å². The van der Waals surface area contributed by atoms with Crippen LogP contribution in [0.3, 0.4) is 0 Å². The van der Waals surface area contributed by atoms with Crippen LogP contribution < -0.4 is 5.32 Å². The summed E-state index contributed by atoms with van der Waals surface area (Å²) in [6.07, 6.45) is 3.66. The molecular formula is C14H21N3O2S. The number of aromatic nitrogens is 1. The lowest BCUT2D eigenvalue weighted by molar-refractivity contribution is -0.119. The maximum absolute atomic E-state index is 11.7. The summed E-state index contributed by atoms with van der Waals surface area (Å²) >= 11 is 1.61. The van der Waals surface area contributed by atoms with Crippen molar-refractivity contribution in [2.75, 3.05) is 39.0 Å². The van der Waals surface area contributed by atoms with Crippen LogP contribution in [-0.4, -0.2) is 60.9 Å². The van der Waals surface area contributed by atoms with E-state index in [1.54, 1.807) is 24.2 Å². The van der Waals surface area contributed by atoms with Crippen molar-refractivity contribution in [2.45, 2.75) is 11.9 Å². The van der Waals surface area contributed by atoms with Crippen LogP contribution in [0.15, 0.2) is 24.5 Å². The number of ether oxygens (including phenoxy) is 1. The van der Waals surface area contributed by atoms with Crippen molar-refractivity contribution in [3.8, 4) is 0 Å². The van der Waals surface area contributed by atoms with Gasteiger partial charge >= 0.3 is 0 Å². The summed E-state index contributed by atoms with van der Waals surface area (Å²) in [7, 11) is 2.07. The number of pyridine rings is 1. The van der Waals surface area contributed by atoms with E-state index in [0.717, 1.165) is 25.4 Å². The van der Waals surface area contributed by atoms with Gasteiger partial charge in [0.05, 0.1) is 18.5 Å². The zero-order valence-corrected chi connectivity index (χ0v) is 12.6. The molecule has 1 aliphatic heterocycles. The Morgan fingerprint density at radius 3 is 3.10 bits per heavy atom. The second-order valence-corrected chi connectivity index (χ2v) is 5.89. The number of thioether (sulfide) groups is 1. The van der Waals surface area contributed by atoms with Crippen molar-refractivity contribution < 1.29 is 9.53 Å². The fraction of sp³-hybridized carbons (Fsp3) is 0.571. The molecule has 2 rings (SSSR count). The Morgan fingerprint density at radius 2 is 2.35 bits per heavy atom. The van der Waals surface area contributed by atoms with Gasteiger partial charge in [0.25, 0.3) is 0 Å². The van der Waals surface area contributed by atoms with Crippen molar-refractivity contribution in [1.29, 1.82) is 0 Å². The molecule has 0 bridgehead atoms. The van der Waals surface area contributed by atoms with E-state index in [1.807, 2.05) is 12.1 Å². The molecule has 1 atom stereocenters. The third kappa shape index (κ3) is 5.48. The first kappa shape index (κ1) is 15.3. The number of amides is 1. The van der Waals surface area contributed by atoms with Gasteiger partial charge in [-0.1, -0.05) is 0 Å². The van der Waals surface area contributed by atoms with Gasteiger partial charge in [-0.3, -0.25) is 9.78 Å². The maximum Gasteiger partial charge on any atom is 0.230 e. The molecule has 1 aromatic rings. The van der Waals surface area contributed by atoms with Crippen molar-refractivity contribution in [3.05, 3.63) is 30.1 Å². The number of nitrogens with one attached hydrogen (secondary N) is 1. The third-order valence-corrected chi connectivity index (χ3v) is 4.12. The molecule has 20 heavy (non-hydrogen) atoms. The number of nitrogens with zero attached hydrogens (tertiary/aromatic N) is 2. The number of hydrogen-bond acceptors (Lipinski definition) is 5. The standard InChI is InChI=1S/C14H21N3O2S/c1-17-6-7-19-13(9-17)8-16-14(18)11-20-10-12-2-4-15-5-3-12/h2-5,13H,6-11H2,1H3,(H,16,18). The molecule has 2 heterocycles. The minimum Gasteiger partial charge on any atom is -0.374 e.